The molecular formula is C14H22FNO. The van der Waals surface area contributed by atoms with Crippen LogP contribution in [0.15, 0.2) is 18.2 Å². The predicted molar refractivity (Wildman–Crippen MR) is 68.5 cm³/mol. The van der Waals surface area contributed by atoms with Gasteiger partial charge in [-0.05, 0) is 12.5 Å². The summed E-state index contributed by atoms with van der Waals surface area (Å²) in [5.74, 6) is 0.00648. The molecule has 96 valence electrons. The number of hydrogen-bond acceptors (Lipinski definition) is 2. The van der Waals surface area contributed by atoms with Crippen LogP contribution in [0.3, 0.4) is 0 Å². The maximum absolute atomic E-state index is 13.5. The minimum absolute atomic E-state index is 0.308. The van der Waals surface area contributed by atoms with E-state index in [1.54, 1.807) is 12.1 Å². The van der Waals surface area contributed by atoms with Crippen LogP contribution in [0.4, 0.5) is 4.39 Å². The molecule has 3 heteroatoms. The van der Waals surface area contributed by atoms with Gasteiger partial charge in [0.2, 0.25) is 0 Å². The summed E-state index contributed by atoms with van der Waals surface area (Å²) in [5, 5.41) is 0. The molecule has 0 bridgehead atoms. The SMILES string of the molecule is CCCCCCCOc1c(F)cccc1CN. The van der Waals surface area contributed by atoms with Crippen molar-refractivity contribution in [3.8, 4) is 5.75 Å². The van der Waals surface area contributed by atoms with Crippen molar-refractivity contribution in [1.29, 1.82) is 0 Å². The quantitative estimate of drug-likeness (QED) is 0.703. The second-order valence-corrected chi connectivity index (χ2v) is 4.19. The summed E-state index contributed by atoms with van der Waals surface area (Å²) in [6.07, 6.45) is 5.82. The van der Waals surface area contributed by atoms with E-state index in [-0.39, 0.29) is 5.82 Å². The van der Waals surface area contributed by atoms with Gasteiger partial charge >= 0.3 is 0 Å². The Bertz CT molecular complexity index is 328. The van der Waals surface area contributed by atoms with Gasteiger partial charge in [-0.25, -0.2) is 4.39 Å². The van der Waals surface area contributed by atoms with Crippen LogP contribution >= 0.6 is 0 Å². The highest BCUT2D eigenvalue weighted by Crippen LogP contribution is 2.22. The molecule has 0 aliphatic carbocycles. The zero-order valence-corrected chi connectivity index (χ0v) is 10.5. The fourth-order valence-corrected chi connectivity index (χ4v) is 1.76. The number of para-hydroxylation sites is 1. The fraction of sp³-hybridized carbons (Fsp3) is 0.571. The van der Waals surface area contributed by atoms with Gasteiger partial charge < -0.3 is 10.5 Å². The van der Waals surface area contributed by atoms with E-state index >= 15 is 0 Å². The van der Waals surface area contributed by atoms with Gasteiger partial charge in [0.05, 0.1) is 6.61 Å². The maximum atomic E-state index is 13.5. The van der Waals surface area contributed by atoms with Crippen LogP contribution in [0.5, 0.6) is 5.75 Å². The number of unbranched alkanes of at least 4 members (excludes halogenated alkanes) is 4. The number of rotatable bonds is 8. The number of halogens is 1. The first-order valence-electron chi connectivity index (χ1n) is 6.39. The van der Waals surface area contributed by atoms with Crippen LogP contribution in [-0.4, -0.2) is 6.61 Å². The van der Waals surface area contributed by atoms with Gasteiger partial charge in [-0.15, -0.1) is 0 Å². The summed E-state index contributed by atoms with van der Waals surface area (Å²) >= 11 is 0. The Morgan fingerprint density at radius 1 is 1.18 bits per heavy atom. The first-order chi connectivity index (χ1) is 8.29. The summed E-state index contributed by atoms with van der Waals surface area (Å²) < 4.78 is 19.0. The molecule has 2 nitrogen and oxygen atoms in total. The van der Waals surface area contributed by atoms with Gasteiger partial charge in [0.1, 0.15) is 0 Å². The lowest BCUT2D eigenvalue weighted by Gasteiger charge is -2.11. The second kappa shape index (κ2) is 8.07. The molecule has 0 saturated heterocycles. The Kier molecular flexibility index (Phi) is 6.63. The lowest BCUT2D eigenvalue weighted by atomic mass is 10.1. The highest BCUT2D eigenvalue weighted by molar-refractivity contribution is 5.34. The van der Waals surface area contributed by atoms with Crippen molar-refractivity contribution in [2.24, 2.45) is 5.73 Å². The zero-order valence-electron chi connectivity index (χ0n) is 10.5. The number of ether oxygens (including phenoxy) is 1. The van der Waals surface area contributed by atoms with Gasteiger partial charge in [-0.2, -0.15) is 0 Å². The molecule has 1 rings (SSSR count). The van der Waals surface area contributed by atoms with E-state index in [0.29, 0.717) is 18.9 Å². The van der Waals surface area contributed by atoms with Crippen molar-refractivity contribution in [3.63, 3.8) is 0 Å². The molecule has 0 atom stereocenters. The lowest BCUT2D eigenvalue weighted by Crippen LogP contribution is -2.05. The average Bonchev–Trinajstić information content (AvgIpc) is 2.35. The first kappa shape index (κ1) is 14.0. The Balaban J connectivity index is 2.35. The van der Waals surface area contributed by atoms with Gasteiger partial charge in [-0.3, -0.25) is 0 Å². The largest absolute Gasteiger partial charge is 0.490 e. The van der Waals surface area contributed by atoms with Crippen molar-refractivity contribution in [2.75, 3.05) is 6.61 Å². The lowest BCUT2D eigenvalue weighted by molar-refractivity contribution is 0.287. The third-order valence-electron chi connectivity index (χ3n) is 2.76. The number of hydrogen-bond donors (Lipinski definition) is 1. The normalized spacial score (nSPS) is 10.5. The Labute approximate surface area is 103 Å². The van der Waals surface area contributed by atoms with Crippen LogP contribution in [-0.2, 0) is 6.54 Å². The minimum Gasteiger partial charge on any atom is -0.490 e. The molecule has 0 heterocycles. The molecule has 0 aliphatic heterocycles. The molecule has 0 aliphatic rings. The Morgan fingerprint density at radius 3 is 2.65 bits per heavy atom. The summed E-state index contributed by atoms with van der Waals surface area (Å²) in [4.78, 5) is 0. The fourth-order valence-electron chi connectivity index (χ4n) is 1.76. The highest BCUT2D eigenvalue weighted by Gasteiger charge is 2.07. The van der Waals surface area contributed by atoms with E-state index in [9.17, 15) is 4.39 Å². The van der Waals surface area contributed by atoms with Gasteiger partial charge in [0.15, 0.2) is 11.6 Å². The van der Waals surface area contributed by atoms with Gasteiger partial charge in [0, 0.05) is 12.1 Å². The van der Waals surface area contributed by atoms with E-state index in [4.69, 9.17) is 10.5 Å². The smallest absolute Gasteiger partial charge is 0.165 e. The van der Waals surface area contributed by atoms with Crippen LogP contribution < -0.4 is 10.5 Å². The predicted octanol–water partition coefficient (Wildman–Crippen LogP) is 3.63. The molecule has 0 spiro atoms. The van der Waals surface area contributed by atoms with Crippen LogP contribution in [0.1, 0.15) is 44.6 Å². The molecule has 1 aromatic rings. The Morgan fingerprint density at radius 2 is 1.94 bits per heavy atom. The van der Waals surface area contributed by atoms with Crippen molar-refractivity contribution in [1.82, 2.24) is 0 Å². The minimum atomic E-state index is -0.318. The average molecular weight is 239 g/mol. The topological polar surface area (TPSA) is 35.2 Å². The molecule has 1 aromatic carbocycles. The Hall–Kier alpha value is -1.09. The monoisotopic (exact) mass is 239 g/mol. The summed E-state index contributed by atoms with van der Waals surface area (Å²) in [7, 11) is 0. The summed E-state index contributed by atoms with van der Waals surface area (Å²) in [5.41, 5.74) is 6.28. The van der Waals surface area contributed by atoms with Crippen LogP contribution in [0, 0.1) is 5.82 Å². The van der Waals surface area contributed by atoms with E-state index in [1.807, 2.05) is 0 Å². The number of nitrogens with two attached hydrogens (primary N) is 1. The molecule has 0 fully saturated rings. The second-order valence-electron chi connectivity index (χ2n) is 4.19. The van der Waals surface area contributed by atoms with E-state index in [1.165, 1.54) is 25.3 Å². The van der Waals surface area contributed by atoms with Crippen molar-refractivity contribution in [3.05, 3.63) is 29.6 Å². The molecule has 0 amide bonds. The van der Waals surface area contributed by atoms with Crippen LogP contribution in [0.2, 0.25) is 0 Å². The maximum Gasteiger partial charge on any atom is 0.165 e. The highest BCUT2D eigenvalue weighted by atomic mass is 19.1. The molecular weight excluding hydrogens is 217 g/mol. The molecule has 2 N–H and O–H groups in total. The van der Waals surface area contributed by atoms with Gasteiger partial charge in [-0.1, -0.05) is 44.7 Å². The molecule has 0 aromatic heterocycles. The van der Waals surface area contributed by atoms with E-state index in [0.717, 1.165) is 18.4 Å². The number of benzene rings is 1. The van der Waals surface area contributed by atoms with Crippen molar-refractivity contribution >= 4 is 0 Å². The van der Waals surface area contributed by atoms with E-state index in [2.05, 4.69) is 6.92 Å². The molecule has 0 unspecified atom stereocenters. The molecule has 17 heavy (non-hydrogen) atoms. The standard InChI is InChI=1S/C14H22FNO/c1-2-3-4-5-6-10-17-14-12(11-16)8-7-9-13(14)15/h7-9H,2-6,10-11,16H2,1H3. The zero-order chi connectivity index (χ0) is 12.5. The third kappa shape index (κ3) is 4.73. The molecule has 0 radical (unpaired) electrons. The van der Waals surface area contributed by atoms with Gasteiger partial charge in [0.25, 0.3) is 0 Å². The summed E-state index contributed by atoms with van der Waals surface area (Å²) in [6, 6.07) is 4.87. The van der Waals surface area contributed by atoms with Crippen LogP contribution in [0.25, 0.3) is 0 Å². The van der Waals surface area contributed by atoms with Crippen molar-refractivity contribution < 1.29 is 9.13 Å². The van der Waals surface area contributed by atoms with Crippen molar-refractivity contribution in [2.45, 2.75) is 45.6 Å². The third-order valence-corrected chi connectivity index (χ3v) is 2.76. The molecule has 0 saturated carbocycles. The van der Waals surface area contributed by atoms with E-state index < -0.39 is 0 Å². The first-order valence-corrected chi connectivity index (χ1v) is 6.39. The summed E-state index contributed by atoms with van der Waals surface area (Å²) in [6.45, 7) is 3.06.